The monoisotopic (exact) mass is 395 g/mol. The van der Waals surface area contributed by atoms with E-state index in [1.54, 1.807) is 24.1 Å². The van der Waals surface area contributed by atoms with E-state index in [4.69, 9.17) is 16.0 Å². The minimum atomic E-state index is -0.475. The van der Waals surface area contributed by atoms with Crippen LogP contribution in [0.5, 0.6) is 0 Å². The van der Waals surface area contributed by atoms with Crippen LogP contribution in [0.1, 0.15) is 59.6 Å². The van der Waals surface area contributed by atoms with Gasteiger partial charge in [0, 0.05) is 12.1 Å². The summed E-state index contributed by atoms with van der Waals surface area (Å²) in [5.74, 6) is -0.168. The molecule has 1 aliphatic rings. The van der Waals surface area contributed by atoms with Crippen molar-refractivity contribution >= 4 is 28.5 Å². The van der Waals surface area contributed by atoms with Crippen molar-refractivity contribution in [3.8, 4) is 0 Å². The molecule has 1 aliphatic heterocycles. The first kappa shape index (κ1) is 18.8. The second-order valence-electron chi connectivity index (χ2n) is 8.46. The molecule has 3 aromatic rings. The summed E-state index contributed by atoms with van der Waals surface area (Å²) in [4.78, 5) is 27.7. The second-order valence-corrected chi connectivity index (χ2v) is 8.87. The summed E-state index contributed by atoms with van der Waals surface area (Å²) in [6, 6.07) is 10.9. The molecular weight excluding hydrogens is 374 g/mol. The van der Waals surface area contributed by atoms with Gasteiger partial charge in [0.25, 0.3) is 5.91 Å². The summed E-state index contributed by atoms with van der Waals surface area (Å²) >= 11 is 6.22. The molecule has 0 saturated heterocycles. The topological polar surface area (TPSA) is 50.5 Å². The number of benzene rings is 2. The Labute approximate surface area is 168 Å². The van der Waals surface area contributed by atoms with Crippen LogP contribution in [0.25, 0.3) is 11.0 Å². The van der Waals surface area contributed by atoms with Crippen molar-refractivity contribution in [2.75, 3.05) is 7.05 Å². The lowest BCUT2D eigenvalue weighted by atomic mass is 9.86. The van der Waals surface area contributed by atoms with Crippen LogP contribution in [0.3, 0.4) is 0 Å². The summed E-state index contributed by atoms with van der Waals surface area (Å²) in [5, 5.41) is 0.900. The van der Waals surface area contributed by atoms with Crippen LogP contribution in [0.4, 0.5) is 0 Å². The fourth-order valence-electron chi connectivity index (χ4n) is 3.76. The molecule has 2 heterocycles. The molecule has 0 N–H and O–H groups in total. The zero-order valence-electron chi connectivity index (χ0n) is 16.6. The van der Waals surface area contributed by atoms with Crippen LogP contribution in [-0.4, -0.2) is 17.9 Å². The zero-order chi connectivity index (χ0) is 20.4. The summed E-state index contributed by atoms with van der Waals surface area (Å²) in [6.45, 7) is 8.28. The maximum absolute atomic E-state index is 13.3. The third-order valence-corrected chi connectivity index (χ3v) is 5.88. The largest absolute Gasteiger partial charge is 0.450 e. The number of hydrogen-bond donors (Lipinski definition) is 0. The van der Waals surface area contributed by atoms with Crippen LogP contribution >= 0.6 is 11.6 Å². The molecule has 1 unspecified atom stereocenters. The highest BCUT2D eigenvalue weighted by molar-refractivity contribution is 6.32. The van der Waals surface area contributed by atoms with Crippen LogP contribution in [-0.2, 0) is 5.41 Å². The molecule has 0 fully saturated rings. The van der Waals surface area contributed by atoms with Gasteiger partial charge in [0.05, 0.1) is 17.0 Å². The van der Waals surface area contributed by atoms with E-state index in [0.717, 1.165) is 11.1 Å². The summed E-state index contributed by atoms with van der Waals surface area (Å²) in [5.41, 5.74) is 3.45. The quantitative estimate of drug-likeness (QED) is 0.567. The van der Waals surface area contributed by atoms with E-state index in [2.05, 4.69) is 32.9 Å². The predicted molar refractivity (Wildman–Crippen MR) is 111 cm³/mol. The number of aryl methyl sites for hydroxylation is 1. The average Bonchev–Trinajstić information content (AvgIpc) is 2.88. The van der Waals surface area contributed by atoms with E-state index in [9.17, 15) is 9.59 Å². The predicted octanol–water partition coefficient (Wildman–Crippen LogP) is 5.23. The van der Waals surface area contributed by atoms with Crippen molar-refractivity contribution in [3.63, 3.8) is 0 Å². The van der Waals surface area contributed by atoms with Crippen molar-refractivity contribution in [1.29, 1.82) is 0 Å². The van der Waals surface area contributed by atoms with E-state index in [0.29, 0.717) is 21.6 Å². The van der Waals surface area contributed by atoms with Crippen LogP contribution in [0, 0.1) is 6.92 Å². The Bertz CT molecular complexity index is 1170. The lowest BCUT2D eigenvalue weighted by Crippen LogP contribution is -2.25. The second kappa shape index (κ2) is 6.21. The first-order valence-corrected chi connectivity index (χ1v) is 9.62. The SMILES string of the molecule is Cc1cc2oc3c(c(=O)c2cc1Cl)C(c1ccc(C(C)(C)C)cc1)N(C)C3=O. The van der Waals surface area contributed by atoms with Crippen LogP contribution < -0.4 is 5.43 Å². The normalized spacial score (nSPS) is 16.7. The molecule has 0 saturated carbocycles. The van der Waals surface area contributed by atoms with Gasteiger partial charge in [-0.3, -0.25) is 9.59 Å². The van der Waals surface area contributed by atoms with Crippen molar-refractivity contribution in [1.82, 2.24) is 4.90 Å². The number of carbonyl (C=O) groups is 1. The standard InChI is InChI=1S/C23H22ClNO3/c1-12-10-17-15(11-16(12)24)20(26)18-19(25(5)22(27)21(18)28-17)13-6-8-14(9-7-13)23(2,3)4/h6-11,19H,1-5H3. The Kier molecular flexibility index (Phi) is 4.16. The number of rotatable bonds is 1. The molecular formula is C23H22ClNO3. The van der Waals surface area contributed by atoms with Crippen LogP contribution in [0.2, 0.25) is 5.02 Å². The first-order chi connectivity index (χ1) is 13.1. The van der Waals surface area contributed by atoms with Gasteiger partial charge < -0.3 is 9.32 Å². The molecule has 0 spiro atoms. The fourth-order valence-corrected chi connectivity index (χ4v) is 3.93. The maximum atomic E-state index is 13.3. The Morgan fingerprint density at radius 1 is 1.07 bits per heavy atom. The third-order valence-electron chi connectivity index (χ3n) is 5.47. The zero-order valence-corrected chi connectivity index (χ0v) is 17.3. The maximum Gasteiger partial charge on any atom is 0.290 e. The van der Waals surface area contributed by atoms with Gasteiger partial charge >= 0.3 is 0 Å². The molecule has 28 heavy (non-hydrogen) atoms. The third kappa shape index (κ3) is 2.75. The minimum Gasteiger partial charge on any atom is -0.450 e. The number of fused-ring (bicyclic) bond motifs is 2. The van der Waals surface area contributed by atoms with Gasteiger partial charge in [-0.1, -0.05) is 56.6 Å². The summed E-state index contributed by atoms with van der Waals surface area (Å²) in [7, 11) is 1.70. The molecule has 5 heteroatoms. The van der Waals surface area contributed by atoms with Gasteiger partial charge in [-0.25, -0.2) is 0 Å². The van der Waals surface area contributed by atoms with Gasteiger partial charge in [-0.2, -0.15) is 0 Å². The molecule has 4 rings (SSSR count). The van der Waals surface area contributed by atoms with Gasteiger partial charge in [-0.15, -0.1) is 0 Å². The van der Waals surface area contributed by atoms with E-state index in [1.807, 2.05) is 19.1 Å². The number of hydrogen-bond acceptors (Lipinski definition) is 3. The van der Waals surface area contributed by atoms with Gasteiger partial charge in [0.1, 0.15) is 5.58 Å². The Morgan fingerprint density at radius 3 is 2.32 bits per heavy atom. The highest BCUT2D eigenvalue weighted by Crippen LogP contribution is 2.38. The van der Waals surface area contributed by atoms with Crippen LogP contribution in [0.15, 0.2) is 45.6 Å². The van der Waals surface area contributed by atoms with Crippen molar-refractivity contribution in [3.05, 3.63) is 79.7 Å². The van der Waals surface area contributed by atoms with Crippen molar-refractivity contribution in [2.24, 2.45) is 0 Å². The highest BCUT2D eigenvalue weighted by Gasteiger charge is 2.40. The van der Waals surface area contributed by atoms with E-state index in [1.165, 1.54) is 5.56 Å². The molecule has 1 amide bonds. The molecule has 0 radical (unpaired) electrons. The van der Waals surface area contributed by atoms with E-state index in [-0.39, 0.29) is 22.5 Å². The van der Waals surface area contributed by atoms with Gasteiger partial charge in [0.2, 0.25) is 5.76 Å². The van der Waals surface area contributed by atoms with Gasteiger partial charge in [0.15, 0.2) is 5.43 Å². The minimum absolute atomic E-state index is 0.0255. The number of halogens is 1. The Balaban J connectivity index is 1.93. The highest BCUT2D eigenvalue weighted by atomic mass is 35.5. The fraction of sp³-hybridized carbons (Fsp3) is 0.304. The first-order valence-electron chi connectivity index (χ1n) is 9.24. The molecule has 0 aliphatic carbocycles. The molecule has 144 valence electrons. The molecule has 0 bridgehead atoms. The average molecular weight is 396 g/mol. The van der Waals surface area contributed by atoms with E-state index >= 15 is 0 Å². The molecule has 1 atom stereocenters. The summed E-state index contributed by atoms with van der Waals surface area (Å²) < 4.78 is 5.88. The number of nitrogens with zero attached hydrogens (tertiary/aromatic N) is 1. The Morgan fingerprint density at radius 2 is 1.71 bits per heavy atom. The lowest BCUT2D eigenvalue weighted by molar-refractivity contribution is 0.0771. The number of amides is 1. The molecule has 1 aromatic heterocycles. The molecule has 2 aromatic carbocycles. The van der Waals surface area contributed by atoms with Crippen molar-refractivity contribution in [2.45, 2.75) is 39.2 Å². The molecule has 4 nitrogen and oxygen atoms in total. The number of carbonyl (C=O) groups excluding carboxylic acids is 1. The summed E-state index contributed by atoms with van der Waals surface area (Å²) in [6.07, 6.45) is 0. The lowest BCUT2D eigenvalue weighted by Gasteiger charge is -2.23. The van der Waals surface area contributed by atoms with Gasteiger partial charge in [-0.05, 0) is 41.2 Å². The Hall–Kier alpha value is -2.59. The van der Waals surface area contributed by atoms with E-state index < -0.39 is 6.04 Å². The van der Waals surface area contributed by atoms with Crippen molar-refractivity contribution < 1.29 is 9.21 Å². The smallest absolute Gasteiger partial charge is 0.290 e.